The van der Waals surface area contributed by atoms with Gasteiger partial charge in [-0.2, -0.15) is 52.7 Å². The van der Waals surface area contributed by atoms with E-state index in [1.54, 1.807) is 0 Å². The van der Waals surface area contributed by atoms with E-state index in [0.717, 1.165) is 14.0 Å². The van der Waals surface area contributed by atoms with Crippen LogP contribution in [0.25, 0.3) is 0 Å². The Hall–Kier alpha value is -4.30. The van der Waals surface area contributed by atoms with Crippen LogP contribution < -0.4 is 21.3 Å². The quantitative estimate of drug-likeness (QED) is 0.103. The van der Waals surface area contributed by atoms with Crippen LogP contribution in [0.3, 0.4) is 0 Å². The molecule has 19 nitrogen and oxygen atoms in total. The Morgan fingerprint density at radius 1 is 0.694 bits per heavy atom. The van der Waals surface area contributed by atoms with Crippen molar-refractivity contribution in [3.05, 3.63) is 0 Å². The highest BCUT2D eigenvalue weighted by molar-refractivity contribution is 5.84. The van der Waals surface area contributed by atoms with Crippen LogP contribution in [0.4, 0.5) is 52.7 Å². The van der Waals surface area contributed by atoms with Gasteiger partial charge in [0.1, 0.15) is 30.0 Å². The largest absolute Gasteiger partial charge is 0.481 e. The highest BCUT2D eigenvalue weighted by Crippen LogP contribution is 2.36. The molecule has 3 aliphatic rings. The molecule has 0 aromatic carbocycles. The number of halogens is 12. The van der Waals surface area contributed by atoms with Gasteiger partial charge in [-0.15, -0.1) is 0 Å². The molecule has 31 heteroatoms. The van der Waals surface area contributed by atoms with Crippen molar-refractivity contribution in [1.82, 2.24) is 26.2 Å². The second-order valence-electron chi connectivity index (χ2n) is 14.4. The minimum Gasteiger partial charge on any atom is -0.481 e. The molecule has 0 aromatic heterocycles. The van der Waals surface area contributed by atoms with Crippen LogP contribution in [-0.4, -0.2) is 179 Å². The van der Waals surface area contributed by atoms with Gasteiger partial charge >= 0.3 is 54.3 Å². The van der Waals surface area contributed by atoms with Gasteiger partial charge < -0.3 is 65.5 Å². The number of nitrogens with zero attached hydrogens (tertiary/aromatic N) is 1. The van der Waals surface area contributed by atoms with Gasteiger partial charge in [0.05, 0.1) is 43.3 Å². The summed E-state index contributed by atoms with van der Waals surface area (Å²) in [5.74, 6) is -13.4. The van der Waals surface area contributed by atoms with Crippen molar-refractivity contribution in [1.29, 1.82) is 0 Å². The maximum Gasteiger partial charge on any atom is 0.471 e. The molecule has 3 fully saturated rings. The summed E-state index contributed by atoms with van der Waals surface area (Å²) in [6.07, 6.45) is -43.5. The first-order valence-electron chi connectivity index (χ1n) is 17.8. The van der Waals surface area contributed by atoms with Gasteiger partial charge in [-0.3, -0.25) is 28.8 Å². The van der Waals surface area contributed by atoms with Crippen molar-refractivity contribution >= 4 is 35.5 Å². The molecule has 12 atom stereocenters. The molecule has 356 valence electrons. The molecular weight excluding hydrogens is 894 g/mol. The Morgan fingerprint density at radius 3 is 1.60 bits per heavy atom. The van der Waals surface area contributed by atoms with Gasteiger partial charge in [0, 0.05) is 20.0 Å². The lowest BCUT2D eigenvalue weighted by molar-refractivity contribution is -0.315. The van der Waals surface area contributed by atoms with Crippen LogP contribution in [0.1, 0.15) is 39.0 Å². The number of ether oxygens (including phenoxy) is 4. The minimum absolute atomic E-state index is 0.561. The van der Waals surface area contributed by atoms with Gasteiger partial charge in [-0.25, -0.2) is 0 Å². The van der Waals surface area contributed by atoms with Crippen molar-refractivity contribution < 1.29 is 121 Å². The Bertz CT molecular complexity index is 1650. The molecule has 5 amide bonds. The molecule has 1 aliphatic carbocycles. The monoisotopic (exact) mass is 933 g/mol. The molecule has 1 saturated carbocycles. The molecule has 62 heavy (non-hydrogen) atoms. The summed E-state index contributed by atoms with van der Waals surface area (Å²) in [4.78, 5) is 72.0. The van der Waals surface area contributed by atoms with Gasteiger partial charge in [-0.1, -0.05) is 0 Å². The van der Waals surface area contributed by atoms with Crippen molar-refractivity contribution in [2.75, 3.05) is 20.2 Å². The zero-order valence-corrected chi connectivity index (χ0v) is 31.7. The third kappa shape index (κ3) is 13.6. The second kappa shape index (κ2) is 19.6. The van der Waals surface area contributed by atoms with Crippen molar-refractivity contribution in [2.24, 2.45) is 0 Å². The number of carboxylic acid groups (broad SMARTS) is 1. The summed E-state index contributed by atoms with van der Waals surface area (Å²) in [5.41, 5.74) is -2.23. The SMILES string of the molecule is CN(C(=O)CCC(=O)O)C1C(O)C(OC2C(NC(=O)C(F)(F)F)CC(NC(=O)C(F)(F)F)C(OC3OC(CNC(=O)C(F)(F)F)CCC3NC(=O)C(F)(F)F)C2O)OCC1(C)O. The Balaban J connectivity index is 2.10. The number of nitrogens with one attached hydrogen (secondary N) is 4. The van der Waals surface area contributed by atoms with E-state index < -0.39 is 178 Å². The molecule has 0 bridgehead atoms. The number of aliphatic carboxylic acids is 1. The van der Waals surface area contributed by atoms with Crippen LogP contribution in [0.5, 0.6) is 0 Å². The van der Waals surface area contributed by atoms with E-state index in [0.29, 0.717) is 4.90 Å². The smallest absolute Gasteiger partial charge is 0.471 e. The third-order valence-electron chi connectivity index (χ3n) is 9.62. The third-order valence-corrected chi connectivity index (χ3v) is 9.62. The molecular formula is C31H39F12N5O14. The first-order valence-corrected chi connectivity index (χ1v) is 17.8. The fraction of sp³-hybridized carbons (Fsp3) is 0.806. The molecule has 2 heterocycles. The molecule has 12 unspecified atom stereocenters. The summed E-state index contributed by atoms with van der Waals surface area (Å²) < 4.78 is 181. The van der Waals surface area contributed by atoms with E-state index in [1.807, 2.05) is 0 Å². The lowest BCUT2D eigenvalue weighted by Crippen LogP contribution is -2.71. The number of aliphatic hydroxyl groups excluding tert-OH is 2. The normalized spacial score (nSPS) is 32.2. The fourth-order valence-electron chi connectivity index (χ4n) is 6.74. The predicted molar refractivity (Wildman–Crippen MR) is 171 cm³/mol. The topological polar surface area (TPSA) is 272 Å². The average Bonchev–Trinajstić information content (AvgIpc) is 3.12. The fourth-order valence-corrected chi connectivity index (χ4v) is 6.74. The number of hydrogen-bond donors (Lipinski definition) is 8. The Labute approximate surface area is 339 Å². The zero-order valence-electron chi connectivity index (χ0n) is 31.7. The van der Waals surface area contributed by atoms with Crippen molar-refractivity contribution in [3.63, 3.8) is 0 Å². The standard InChI is InChI=1S/C31H39F12N5O14/c1-27(58)9-59-22(17(53)20(27)48(2)14(49)5-6-15(50)51)62-19-13(47-26(57)31(41,42)43)7-12(46-25(56)30(38,39)40)18(16(19)52)61-21-11(45-24(55)29(35,36)37)4-3-10(60-21)8-44-23(54)28(32,33)34/h10-13,16-22,52-53,58H,3-9H2,1-2H3,(H,44,54)(H,45,55)(H,46,56)(H,47,57)(H,50,51). The van der Waals surface area contributed by atoms with Crippen LogP contribution >= 0.6 is 0 Å². The first kappa shape index (κ1) is 52.0. The summed E-state index contributed by atoms with van der Waals surface area (Å²) in [7, 11) is 0.967. The van der Waals surface area contributed by atoms with Crippen LogP contribution in [0.2, 0.25) is 0 Å². The van der Waals surface area contributed by atoms with E-state index in [1.165, 1.54) is 21.3 Å². The number of likely N-dealkylation sites (N-methyl/N-ethyl adjacent to an activating group) is 1. The number of alkyl halides is 12. The summed E-state index contributed by atoms with van der Waals surface area (Å²) in [6.45, 7) is -1.01. The molecule has 0 spiro atoms. The molecule has 2 saturated heterocycles. The molecule has 0 aromatic rings. The van der Waals surface area contributed by atoms with E-state index in [4.69, 9.17) is 24.1 Å². The minimum atomic E-state index is -5.81. The van der Waals surface area contributed by atoms with Gasteiger partial charge in [0.2, 0.25) is 5.91 Å². The van der Waals surface area contributed by atoms with Gasteiger partial charge in [-0.05, 0) is 26.2 Å². The maximum absolute atomic E-state index is 13.5. The summed E-state index contributed by atoms with van der Waals surface area (Å²) in [5, 5.41) is 48.2. The number of aliphatic hydroxyl groups is 3. The highest BCUT2D eigenvalue weighted by Gasteiger charge is 2.56. The number of hydrogen-bond acceptors (Lipinski definition) is 13. The number of amides is 5. The zero-order chi connectivity index (χ0) is 47.5. The Kier molecular flexibility index (Phi) is 16.5. The molecule has 2 aliphatic heterocycles. The van der Waals surface area contributed by atoms with Crippen LogP contribution in [0.15, 0.2) is 0 Å². The lowest BCUT2D eigenvalue weighted by Gasteiger charge is -2.51. The lowest BCUT2D eigenvalue weighted by atomic mass is 9.82. The summed E-state index contributed by atoms with van der Waals surface area (Å²) >= 11 is 0. The van der Waals surface area contributed by atoms with Crippen LogP contribution in [-0.2, 0) is 47.7 Å². The van der Waals surface area contributed by atoms with Crippen molar-refractivity contribution in [3.8, 4) is 0 Å². The maximum atomic E-state index is 13.5. The van der Waals surface area contributed by atoms with Gasteiger partial charge in [0.15, 0.2) is 12.6 Å². The van der Waals surface area contributed by atoms with E-state index in [-0.39, 0.29) is 0 Å². The number of carbonyl (C=O) groups excluding carboxylic acids is 5. The highest BCUT2D eigenvalue weighted by atomic mass is 19.4. The molecule has 3 rings (SSSR count). The van der Waals surface area contributed by atoms with E-state index in [9.17, 15) is 96.8 Å². The van der Waals surface area contributed by atoms with E-state index >= 15 is 0 Å². The molecule has 0 radical (unpaired) electrons. The number of carboxylic acids is 1. The predicted octanol–water partition coefficient (Wildman–Crippen LogP) is -0.994. The van der Waals surface area contributed by atoms with E-state index in [2.05, 4.69) is 0 Å². The molecule has 8 N–H and O–H groups in total. The summed E-state index contributed by atoms with van der Waals surface area (Å²) in [6, 6.07) is -8.76. The van der Waals surface area contributed by atoms with Crippen molar-refractivity contribution in [2.45, 2.75) is 137 Å². The van der Waals surface area contributed by atoms with Crippen LogP contribution in [0, 0.1) is 0 Å². The average molecular weight is 934 g/mol. The number of carbonyl (C=O) groups is 6. The van der Waals surface area contributed by atoms with Gasteiger partial charge in [0.25, 0.3) is 0 Å². The Morgan fingerprint density at radius 2 is 1.15 bits per heavy atom. The second-order valence-corrected chi connectivity index (χ2v) is 14.4. The number of rotatable bonds is 13. The first-order chi connectivity index (χ1) is 28.1.